The summed E-state index contributed by atoms with van der Waals surface area (Å²) in [5.41, 5.74) is 0.0798. The molecule has 0 radical (unpaired) electrons. The number of nitrogens with one attached hydrogen (secondary N) is 1. The number of thioether (sulfide) groups is 1. The second kappa shape index (κ2) is 7.13. The number of aryl methyl sites for hydroxylation is 1. The minimum absolute atomic E-state index is 0.00439. The number of carbonyl (C=O) groups is 1. The molecule has 0 unspecified atom stereocenters. The van der Waals surface area contributed by atoms with Crippen molar-refractivity contribution in [2.24, 2.45) is 0 Å². The van der Waals surface area contributed by atoms with Crippen LogP contribution in [0, 0.1) is 17.0 Å². The number of anilines is 1. The zero-order chi connectivity index (χ0) is 17.8. The fraction of sp³-hybridized carbons (Fsp3) is 0.143. The topological polar surface area (TPSA) is 137 Å². The normalized spacial score (nSPS) is 10.6. The van der Waals surface area contributed by atoms with E-state index in [4.69, 9.17) is 8.94 Å². The number of hydrogen-bond donors (Lipinski definition) is 1. The first-order valence-electron chi connectivity index (χ1n) is 6.96. The predicted octanol–water partition coefficient (Wildman–Crippen LogP) is 2.67. The molecule has 0 aliphatic rings. The molecule has 0 atom stereocenters. The third-order valence-electron chi connectivity index (χ3n) is 2.96. The van der Waals surface area contributed by atoms with Gasteiger partial charge < -0.3 is 14.3 Å². The summed E-state index contributed by atoms with van der Waals surface area (Å²) in [5, 5.41) is 24.9. The van der Waals surface area contributed by atoms with Crippen molar-refractivity contribution in [3.63, 3.8) is 0 Å². The molecular weight excluding hydrogens is 350 g/mol. The van der Waals surface area contributed by atoms with Gasteiger partial charge in [0.2, 0.25) is 5.91 Å². The molecule has 10 nitrogen and oxygen atoms in total. The molecule has 0 fully saturated rings. The fourth-order valence-corrected chi connectivity index (χ4v) is 2.49. The lowest BCUT2D eigenvalue weighted by Gasteiger charge is -1.98. The highest BCUT2D eigenvalue weighted by Crippen LogP contribution is 2.30. The summed E-state index contributed by atoms with van der Waals surface area (Å²) in [5.74, 6) is 0.582. The van der Waals surface area contributed by atoms with Gasteiger partial charge in [0.25, 0.3) is 16.8 Å². The number of rotatable bonds is 6. The molecule has 0 saturated heterocycles. The summed E-state index contributed by atoms with van der Waals surface area (Å²) in [6.45, 7) is 1.71. The van der Waals surface area contributed by atoms with Gasteiger partial charge in [0.1, 0.15) is 11.3 Å². The molecule has 1 amide bonds. The van der Waals surface area contributed by atoms with Crippen LogP contribution in [0.3, 0.4) is 0 Å². The maximum absolute atomic E-state index is 11.8. The van der Waals surface area contributed by atoms with Crippen molar-refractivity contribution in [3.8, 4) is 11.5 Å². The number of nitro benzene ring substituents is 1. The number of nitro groups is 1. The van der Waals surface area contributed by atoms with E-state index in [-0.39, 0.29) is 34.0 Å². The second-order valence-electron chi connectivity index (χ2n) is 4.81. The molecule has 0 bridgehead atoms. The number of carbonyl (C=O) groups excluding carboxylic acids is 1. The third-order valence-corrected chi connectivity index (χ3v) is 3.78. The van der Waals surface area contributed by atoms with Gasteiger partial charge in [-0.05, 0) is 13.0 Å². The van der Waals surface area contributed by atoms with Crippen molar-refractivity contribution in [2.45, 2.75) is 12.1 Å². The fourth-order valence-electron chi connectivity index (χ4n) is 1.92. The molecule has 2 heterocycles. The molecule has 0 aliphatic heterocycles. The van der Waals surface area contributed by atoms with Gasteiger partial charge in [-0.1, -0.05) is 29.1 Å². The van der Waals surface area contributed by atoms with Crippen molar-refractivity contribution >= 4 is 29.2 Å². The summed E-state index contributed by atoms with van der Waals surface area (Å²) in [6.07, 6.45) is 0. The molecule has 0 aliphatic carbocycles. The van der Waals surface area contributed by atoms with E-state index in [2.05, 4.69) is 20.7 Å². The van der Waals surface area contributed by atoms with E-state index in [0.29, 0.717) is 11.6 Å². The van der Waals surface area contributed by atoms with Gasteiger partial charge >= 0.3 is 0 Å². The van der Waals surface area contributed by atoms with E-state index >= 15 is 0 Å². The Balaban J connectivity index is 1.64. The lowest BCUT2D eigenvalue weighted by molar-refractivity contribution is -0.384. The van der Waals surface area contributed by atoms with Crippen LogP contribution in [0.25, 0.3) is 11.5 Å². The standard InChI is InChI=1S/C14H11N5O5S/c1-8-6-11(18-24-8)15-12(20)7-25-14-17-16-13(23-14)9-4-2-3-5-10(9)19(21)22/h2-6H,7H2,1H3,(H,15,18,20). The molecule has 1 aromatic carbocycles. The van der Waals surface area contributed by atoms with Crippen LogP contribution in [0.4, 0.5) is 11.5 Å². The van der Waals surface area contributed by atoms with Crippen molar-refractivity contribution in [2.75, 3.05) is 11.1 Å². The summed E-state index contributed by atoms with van der Waals surface area (Å²) >= 11 is 1.00. The van der Waals surface area contributed by atoms with E-state index in [1.807, 2.05) is 0 Å². The smallest absolute Gasteiger partial charge is 0.282 e. The Bertz CT molecular complexity index is 922. The van der Waals surface area contributed by atoms with Crippen LogP contribution >= 0.6 is 11.8 Å². The van der Waals surface area contributed by atoms with Crippen LogP contribution in [-0.4, -0.2) is 31.9 Å². The first-order valence-corrected chi connectivity index (χ1v) is 7.95. The number of hydrogen-bond acceptors (Lipinski definition) is 9. The van der Waals surface area contributed by atoms with Crippen LogP contribution in [0.1, 0.15) is 5.76 Å². The first-order chi connectivity index (χ1) is 12.0. The van der Waals surface area contributed by atoms with Crippen molar-refractivity contribution in [1.29, 1.82) is 0 Å². The molecule has 3 aromatic rings. The first kappa shape index (κ1) is 16.6. The summed E-state index contributed by atoms with van der Waals surface area (Å²) in [6, 6.07) is 7.62. The maximum Gasteiger partial charge on any atom is 0.282 e. The highest BCUT2D eigenvalue weighted by Gasteiger charge is 2.20. The predicted molar refractivity (Wildman–Crippen MR) is 87.0 cm³/mol. The van der Waals surface area contributed by atoms with Crippen LogP contribution in [0.15, 0.2) is 44.5 Å². The molecule has 25 heavy (non-hydrogen) atoms. The second-order valence-corrected chi connectivity index (χ2v) is 5.73. The van der Waals surface area contributed by atoms with Crippen molar-refractivity contribution in [3.05, 3.63) is 46.2 Å². The van der Waals surface area contributed by atoms with Crippen LogP contribution in [0.2, 0.25) is 0 Å². The molecule has 3 rings (SSSR count). The average Bonchev–Trinajstić information content (AvgIpc) is 3.22. The van der Waals surface area contributed by atoms with E-state index in [1.54, 1.807) is 25.1 Å². The maximum atomic E-state index is 11.8. The van der Waals surface area contributed by atoms with Gasteiger partial charge in [0.05, 0.1) is 10.7 Å². The highest BCUT2D eigenvalue weighted by molar-refractivity contribution is 7.99. The molecule has 128 valence electrons. The lowest BCUT2D eigenvalue weighted by atomic mass is 10.2. The monoisotopic (exact) mass is 361 g/mol. The van der Waals surface area contributed by atoms with Gasteiger partial charge in [-0.25, -0.2) is 0 Å². The van der Waals surface area contributed by atoms with Gasteiger partial charge in [-0.15, -0.1) is 10.2 Å². The number of amides is 1. The molecule has 0 saturated carbocycles. The van der Waals surface area contributed by atoms with Crippen LogP contribution in [0.5, 0.6) is 0 Å². The molecule has 2 aromatic heterocycles. The SMILES string of the molecule is Cc1cc(NC(=O)CSc2nnc(-c3ccccc3[N+](=O)[O-])o2)no1. The number of aromatic nitrogens is 3. The number of benzene rings is 1. The largest absolute Gasteiger partial charge is 0.411 e. The summed E-state index contributed by atoms with van der Waals surface area (Å²) in [4.78, 5) is 22.3. The van der Waals surface area contributed by atoms with Gasteiger partial charge in [-0.3, -0.25) is 14.9 Å². The van der Waals surface area contributed by atoms with E-state index in [0.717, 1.165) is 11.8 Å². The zero-order valence-corrected chi connectivity index (χ0v) is 13.6. The Kier molecular flexibility index (Phi) is 4.75. The Hall–Kier alpha value is -3.21. The minimum Gasteiger partial charge on any atom is -0.411 e. The quantitative estimate of drug-likeness (QED) is 0.399. The third kappa shape index (κ3) is 4.01. The lowest BCUT2D eigenvalue weighted by Crippen LogP contribution is -2.14. The molecule has 11 heteroatoms. The Morgan fingerprint density at radius 2 is 2.16 bits per heavy atom. The van der Waals surface area contributed by atoms with Crippen LogP contribution < -0.4 is 5.32 Å². The Labute approximate surface area is 144 Å². The molecule has 0 spiro atoms. The molecular formula is C14H11N5O5S. The average molecular weight is 361 g/mol. The summed E-state index contributed by atoms with van der Waals surface area (Å²) < 4.78 is 10.2. The van der Waals surface area contributed by atoms with E-state index in [1.165, 1.54) is 12.1 Å². The molecule has 1 N–H and O–H groups in total. The number of para-hydroxylation sites is 1. The van der Waals surface area contributed by atoms with Gasteiger partial charge in [0.15, 0.2) is 5.82 Å². The number of nitrogens with zero attached hydrogens (tertiary/aromatic N) is 4. The minimum atomic E-state index is -0.528. The van der Waals surface area contributed by atoms with Crippen molar-refractivity contribution in [1.82, 2.24) is 15.4 Å². The Morgan fingerprint density at radius 3 is 2.88 bits per heavy atom. The van der Waals surface area contributed by atoms with Gasteiger partial charge in [0, 0.05) is 12.1 Å². The highest BCUT2D eigenvalue weighted by atomic mass is 32.2. The Morgan fingerprint density at radius 1 is 1.36 bits per heavy atom. The zero-order valence-electron chi connectivity index (χ0n) is 12.8. The van der Waals surface area contributed by atoms with Gasteiger partial charge in [-0.2, -0.15) is 0 Å². The summed E-state index contributed by atoms with van der Waals surface area (Å²) in [7, 11) is 0. The van der Waals surface area contributed by atoms with E-state index in [9.17, 15) is 14.9 Å². The van der Waals surface area contributed by atoms with Crippen molar-refractivity contribution < 1.29 is 18.7 Å². The van der Waals surface area contributed by atoms with E-state index < -0.39 is 4.92 Å². The van der Waals surface area contributed by atoms with Crippen LogP contribution in [-0.2, 0) is 4.79 Å².